The van der Waals surface area contributed by atoms with Crippen LogP contribution in [0, 0.1) is 13.8 Å². The molecule has 5 nitrogen and oxygen atoms in total. The van der Waals surface area contributed by atoms with Crippen LogP contribution in [0.2, 0.25) is 0 Å². The maximum Gasteiger partial charge on any atom is 0.174 e. The molecule has 1 saturated heterocycles. The zero-order chi connectivity index (χ0) is 24.7. The highest BCUT2D eigenvalue weighted by Gasteiger charge is 2.42. The molecule has 0 amide bonds. The summed E-state index contributed by atoms with van der Waals surface area (Å²) in [6.07, 6.45) is 1.82. The van der Waals surface area contributed by atoms with Crippen molar-refractivity contribution in [3.8, 4) is 11.4 Å². The average Bonchev–Trinajstić information content (AvgIpc) is 3.35. The number of hydrogen-bond donors (Lipinski definition) is 2. The van der Waals surface area contributed by atoms with Crippen molar-refractivity contribution in [2.45, 2.75) is 45.7 Å². The van der Waals surface area contributed by atoms with Gasteiger partial charge in [0.15, 0.2) is 5.11 Å². The number of anilines is 1. The minimum Gasteiger partial charge on any atom is -0.506 e. The summed E-state index contributed by atoms with van der Waals surface area (Å²) in [5.74, 6) is 0.713. The lowest BCUT2D eigenvalue weighted by Crippen LogP contribution is -2.29. The maximum absolute atomic E-state index is 10.6. The van der Waals surface area contributed by atoms with Crippen molar-refractivity contribution >= 4 is 23.0 Å². The maximum atomic E-state index is 10.6. The van der Waals surface area contributed by atoms with E-state index in [9.17, 15) is 5.11 Å². The van der Waals surface area contributed by atoms with Gasteiger partial charge in [0, 0.05) is 23.3 Å². The third kappa shape index (κ3) is 4.08. The first kappa shape index (κ1) is 23.1. The van der Waals surface area contributed by atoms with Gasteiger partial charge in [-0.1, -0.05) is 44.2 Å². The quantitative estimate of drug-likeness (QED) is 0.318. The number of benzene rings is 2. The lowest BCUT2D eigenvalue weighted by molar-refractivity contribution is 0.471. The van der Waals surface area contributed by atoms with Gasteiger partial charge in [-0.05, 0) is 85.6 Å². The van der Waals surface area contributed by atoms with Crippen molar-refractivity contribution in [1.82, 2.24) is 14.9 Å². The molecule has 0 saturated carbocycles. The molecule has 5 rings (SSSR count). The van der Waals surface area contributed by atoms with Crippen molar-refractivity contribution in [3.05, 3.63) is 107 Å². The summed E-state index contributed by atoms with van der Waals surface area (Å²) in [6, 6.07) is 24.1. The highest BCUT2D eigenvalue weighted by molar-refractivity contribution is 7.80. The monoisotopic (exact) mass is 482 g/mol. The predicted molar refractivity (Wildman–Crippen MR) is 145 cm³/mol. The Morgan fingerprint density at radius 1 is 0.971 bits per heavy atom. The molecule has 178 valence electrons. The van der Waals surface area contributed by atoms with Crippen molar-refractivity contribution in [1.29, 1.82) is 0 Å². The first-order chi connectivity index (χ1) is 16.9. The number of phenols is 1. The molecule has 0 radical (unpaired) electrons. The Hall–Kier alpha value is -3.64. The summed E-state index contributed by atoms with van der Waals surface area (Å²) in [4.78, 5) is 6.88. The minimum absolute atomic E-state index is 0.104. The van der Waals surface area contributed by atoms with Crippen molar-refractivity contribution in [2.75, 3.05) is 4.90 Å². The van der Waals surface area contributed by atoms with E-state index >= 15 is 0 Å². The van der Waals surface area contributed by atoms with Crippen LogP contribution in [0.25, 0.3) is 5.69 Å². The molecule has 4 aromatic rings. The molecule has 2 N–H and O–H groups in total. The number of aryl methyl sites for hydroxylation is 1. The Labute approximate surface area is 212 Å². The number of pyridine rings is 1. The highest BCUT2D eigenvalue weighted by atomic mass is 32.1. The van der Waals surface area contributed by atoms with Crippen LogP contribution in [0.3, 0.4) is 0 Å². The normalized spacial score (nSPS) is 17.7. The first-order valence-corrected chi connectivity index (χ1v) is 12.4. The number of thiocarbonyl (C=S) groups is 1. The van der Waals surface area contributed by atoms with E-state index in [0.29, 0.717) is 11.0 Å². The Morgan fingerprint density at radius 3 is 2.34 bits per heavy atom. The lowest BCUT2D eigenvalue weighted by Gasteiger charge is -2.28. The smallest absolute Gasteiger partial charge is 0.174 e. The number of aromatic hydroxyl groups is 1. The van der Waals surface area contributed by atoms with Crippen LogP contribution in [0.15, 0.2) is 79.0 Å². The van der Waals surface area contributed by atoms with E-state index in [2.05, 4.69) is 77.8 Å². The molecular formula is C29H30N4OS. The third-order valence-corrected chi connectivity index (χ3v) is 7.16. The fourth-order valence-corrected chi connectivity index (χ4v) is 5.43. The van der Waals surface area contributed by atoms with E-state index in [-0.39, 0.29) is 17.8 Å². The van der Waals surface area contributed by atoms with Gasteiger partial charge in [-0.3, -0.25) is 4.98 Å². The largest absolute Gasteiger partial charge is 0.506 e. The number of para-hydroxylation sites is 2. The van der Waals surface area contributed by atoms with Crippen LogP contribution in [-0.4, -0.2) is 19.8 Å². The summed E-state index contributed by atoms with van der Waals surface area (Å²) < 4.78 is 2.11. The number of hydrogen-bond acceptors (Lipinski definition) is 3. The molecule has 1 aliphatic heterocycles. The molecule has 2 unspecified atom stereocenters. The molecule has 2 atom stereocenters. The van der Waals surface area contributed by atoms with Crippen molar-refractivity contribution in [2.24, 2.45) is 0 Å². The van der Waals surface area contributed by atoms with Crippen LogP contribution >= 0.6 is 12.2 Å². The summed E-state index contributed by atoms with van der Waals surface area (Å²) in [5, 5.41) is 14.8. The van der Waals surface area contributed by atoms with E-state index in [1.165, 1.54) is 5.56 Å². The zero-order valence-electron chi connectivity index (χ0n) is 20.4. The molecule has 0 aliphatic carbocycles. The average molecular weight is 483 g/mol. The SMILES string of the molecule is Cc1cc(C2C(c3ccccn3)NC(=S)N2c2ccc(C(C)C)cc2)c(C)n1-c1ccccc1O. The molecule has 6 heteroatoms. The van der Waals surface area contributed by atoms with Crippen LogP contribution < -0.4 is 10.2 Å². The van der Waals surface area contributed by atoms with Gasteiger partial charge in [-0.15, -0.1) is 0 Å². The predicted octanol–water partition coefficient (Wildman–Crippen LogP) is 6.50. The van der Waals surface area contributed by atoms with E-state index in [0.717, 1.165) is 34.0 Å². The molecule has 0 spiro atoms. The third-order valence-electron chi connectivity index (χ3n) is 6.85. The van der Waals surface area contributed by atoms with E-state index in [1.54, 1.807) is 6.07 Å². The molecular weight excluding hydrogens is 452 g/mol. The van der Waals surface area contributed by atoms with Gasteiger partial charge in [0.05, 0.1) is 23.5 Å². The number of aromatic nitrogens is 2. The van der Waals surface area contributed by atoms with Gasteiger partial charge in [0.25, 0.3) is 0 Å². The molecule has 3 heterocycles. The zero-order valence-corrected chi connectivity index (χ0v) is 21.3. The van der Waals surface area contributed by atoms with Crippen LogP contribution in [0.1, 0.15) is 60.1 Å². The summed E-state index contributed by atoms with van der Waals surface area (Å²) in [7, 11) is 0. The molecule has 2 aromatic heterocycles. The summed E-state index contributed by atoms with van der Waals surface area (Å²) in [5.41, 5.74) is 7.29. The summed E-state index contributed by atoms with van der Waals surface area (Å²) >= 11 is 5.90. The van der Waals surface area contributed by atoms with Crippen LogP contribution in [0.4, 0.5) is 5.69 Å². The number of nitrogens with zero attached hydrogens (tertiary/aromatic N) is 3. The molecule has 0 bridgehead atoms. The van der Waals surface area contributed by atoms with Crippen LogP contribution in [-0.2, 0) is 0 Å². The Morgan fingerprint density at radius 2 is 1.69 bits per heavy atom. The standard InChI is InChI=1S/C29H30N4OS/c1-18(2)21-12-14-22(15-13-21)33-28(27(31-29(33)35)24-9-7-8-16-30-24)23-17-19(3)32(20(23)4)25-10-5-6-11-26(25)34/h5-18,27-28,34H,1-4H3,(H,31,35). The molecule has 1 aliphatic rings. The molecule has 1 fully saturated rings. The second-order valence-electron chi connectivity index (χ2n) is 9.39. The number of phenolic OH excluding ortho intramolecular Hbond substituents is 1. The Kier molecular flexibility index (Phi) is 6.07. The lowest BCUT2D eigenvalue weighted by atomic mass is 9.96. The Balaban J connectivity index is 1.67. The fourth-order valence-electron chi connectivity index (χ4n) is 5.08. The van der Waals surface area contributed by atoms with Gasteiger partial charge in [-0.2, -0.15) is 0 Å². The minimum atomic E-state index is -0.119. The number of nitrogens with one attached hydrogen (secondary N) is 1. The second kappa shape index (κ2) is 9.19. The van der Waals surface area contributed by atoms with Gasteiger partial charge >= 0.3 is 0 Å². The highest BCUT2D eigenvalue weighted by Crippen LogP contribution is 2.44. The van der Waals surface area contributed by atoms with E-state index in [4.69, 9.17) is 12.2 Å². The molecule has 2 aromatic carbocycles. The van der Waals surface area contributed by atoms with E-state index in [1.807, 2.05) is 42.6 Å². The Bertz CT molecular complexity index is 1360. The van der Waals surface area contributed by atoms with E-state index < -0.39 is 0 Å². The summed E-state index contributed by atoms with van der Waals surface area (Å²) in [6.45, 7) is 8.57. The van der Waals surface area contributed by atoms with Gasteiger partial charge in [-0.25, -0.2) is 0 Å². The van der Waals surface area contributed by atoms with Crippen molar-refractivity contribution < 1.29 is 5.11 Å². The van der Waals surface area contributed by atoms with Gasteiger partial charge < -0.3 is 19.9 Å². The second-order valence-corrected chi connectivity index (χ2v) is 9.78. The number of rotatable bonds is 5. The van der Waals surface area contributed by atoms with Crippen LogP contribution in [0.5, 0.6) is 5.75 Å². The first-order valence-electron chi connectivity index (χ1n) is 11.9. The van der Waals surface area contributed by atoms with Gasteiger partial charge in [0.1, 0.15) is 5.75 Å². The molecule has 35 heavy (non-hydrogen) atoms. The van der Waals surface area contributed by atoms with Gasteiger partial charge in [0.2, 0.25) is 0 Å². The topological polar surface area (TPSA) is 53.3 Å². The fraction of sp³-hybridized carbons (Fsp3) is 0.241. The van der Waals surface area contributed by atoms with Crippen molar-refractivity contribution in [3.63, 3.8) is 0 Å².